The van der Waals surface area contributed by atoms with Gasteiger partial charge < -0.3 is 9.47 Å². The number of ether oxygens (including phenoxy) is 2. The fraction of sp³-hybridized carbons (Fsp3) is 0.538. The third-order valence-corrected chi connectivity index (χ3v) is 4.13. The zero-order valence-electron chi connectivity index (χ0n) is 11.9. The molecule has 1 atom stereocenters. The van der Waals surface area contributed by atoms with Crippen molar-refractivity contribution in [2.75, 3.05) is 7.11 Å². The van der Waals surface area contributed by atoms with E-state index in [2.05, 4.69) is 10.1 Å². The molecule has 2 heterocycles. The maximum atomic E-state index is 5.82. The van der Waals surface area contributed by atoms with Crippen LogP contribution >= 0.6 is 11.3 Å². The Labute approximate surface area is 117 Å². The summed E-state index contributed by atoms with van der Waals surface area (Å²) in [4.78, 5) is 4.50. The number of hydrogen-bond acceptors (Lipinski definition) is 5. The second-order valence-electron chi connectivity index (χ2n) is 4.47. The Balaban J connectivity index is 2.04. The Hall–Kier alpha value is -1.40. The molecule has 19 heavy (non-hydrogen) atoms. The summed E-state index contributed by atoms with van der Waals surface area (Å²) in [6.07, 6.45) is 0.0283. The first-order chi connectivity index (χ1) is 9.02. The van der Waals surface area contributed by atoms with Crippen LogP contribution in [-0.2, 0) is 18.4 Å². The lowest BCUT2D eigenvalue weighted by atomic mass is 10.3. The van der Waals surface area contributed by atoms with Crippen molar-refractivity contribution in [3.05, 3.63) is 27.5 Å². The summed E-state index contributed by atoms with van der Waals surface area (Å²) >= 11 is 1.59. The highest BCUT2D eigenvalue weighted by molar-refractivity contribution is 7.09. The monoisotopic (exact) mass is 281 g/mol. The lowest BCUT2D eigenvalue weighted by Crippen LogP contribution is -2.00. The van der Waals surface area contributed by atoms with Crippen LogP contribution in [0.1, 0.15) is 35.1 Å². The van der Waals surface area contributed by atoms with E-state index in [1.165, 1.54) is 0 Å². The molecule has 0 aliphatic heterocycles. The fourth-order valence-corrected chi connectivity index (χ4v) is 2.62. The molecule has 0 saturated carbocycles. The molecule has 2 aromatic rings. The molecule has 0 aliphatic rings. The average molecular weight is 281 g/mol. The van der Waals surface area contributed by atoms with Crippen molar-refractivity contribution in [3.8, 4) is 5.75 Å². The minimum absolute atomic E-state index is 0.0283. The summed E-state index contributed by atoms with van der Waals surface area (Å²) in [6.45, 7) is 6.38. The van der Waals surface area contributed by atoms with Gasteiger partial charge in [0.2, 0.25) is 0 Å². The first kappa shape index (κ1) is 14.0. The van der Waals surface area contributed by atoms with Crippen LogP contribution in [0.3, 0.4) is 0 Å². The topological polar surface area (TPSA) is 49.2 Å². The van der Waals surface area contributed by atoms with Gasteiger partial charge in [-0.25, -0.2) is 4.98 Å². The highest BCUT2D eigenvalue weighted by Gasteiger charge is 2.13. The van der Waals surface area contributed by atoms with Gasteiger partial charge in [0, 0.05) is 19.5 Å². The van der Waals surface area contributed by atoms with Crippen molar-refractivity contribution >= 4 is 11.3 Å². The Kier molecular flexibility index (Phi) is 4.21. The highest BCUT2D eigenvalue weighted by atomic mass is 32.1. The first-order valence-electron chi connectivity index (χ1n) is 6.13. The van der Waals surface area contributed by atoms with Crippen molar-refractivity contribution < 1.29 is 9.47 Å². The third kappa shape index (κ3) is 2.96. The van der Waals surface area contributed by atoms with Crippen LogP contribution in [0, 0.1) is 13.8 Å². The smallest absolute Gasteiger partial charge is 0.163 e. The fourth-order valence-electron chi connectivity index (χ4n) is 1.79. The van der Waals surface area contributed by atoms with Gasteiger partial charge in [-0.3, -0.25) is 4.68 Å². The molecular formula is C13H19N3O2S. The minimum Gasteiger partial charge on any atom is -0.483 e. The zero-order valence-corrected chi connectivity index (χ0v) is 12.7. The first-order valence-corrected chi connectivity index (χ1v) is 7.01. The second-order valence-corrected chi connectivity index (χ2v) is 5.36. The van der Waals surface area contributed by atoms with Gasteiger partial charge in [0.15, 0.2) is 5.75 Å². The summed E-state index contributed by atoms with van der Waals surface area (Å²) < 4.78 is 12.9. The van der Waals surface area contributed by atoms with Gasteiger partial charge in [-0.2, -0.15) is 5.10 Å². The molecule has 0 spiro atoms. The largest absolute Gasteiger partial charge is 0.483 e. The summed E-state index contributed by atoms with van der Waals surface area (Å²) in [5.74, 6) is 0.844. The molecule has 0 radical (unpaired) electrons. The number of nitrogens with zero attached hydrogens (tertiary/aromatic N) is 3. The molecule has 0 amide bonds. The molecule has 0 N–H and O–H groups in total. The van der Waals surface area contributed by atoms with Crippen molar-refractivity contribution in [1.29, 1.82) is 0 Å². The SMILES string of the molecule is CO[C@H](C)c1nc(COc2c(C)nn(C)c2C)cs1. The predicted octanol–water partition coefficient (Wildman–Crippen LogP) is 2.78. The number of aromatic nitrogens is 3. The second kappa shape index (κ2) is 5.71. The average Bonchev–Trinajstić information content (AvgIpc) is 2.94. The molecule has 0 fully saturated rings. The lowest BCUT2D eigenvalue weighted by Gasteiger charge is -2.05. The van der Waals surface area contributed by atoms with Crippen LogP contribution in [0.4, 0.5) is 0 Å². The molecule has 0 saturated heterocycles. The van der Waals surface area contributed by atoms with E-state index in [-0.39, 0.29) is 6.10 Å². The molecule has 0 aliphatic carbocycles. The van der Waals surface area contributed by atoms with E-state index < -0.39 is 0 Å². The van der Waals surface area contributed by atoms with Crippen molar-refractivity contribution in [3.63, 3.8) is 0 Å². The summed E-state index contributed by atoms with van der Waals surface area (Å²) in [7, 11) is 3.60. The number of thiazole rings is 1. The molecule has 0 aromatic carbocycles. The van der Waals surface area contributed by atoms with E-state index in [1.807, 2.05) is 37.9 Å². The number of methoxy groups -OCH3 is 1. The summed E-state index contributed by atoms with van der Waals surface area (Å²) in [6, 6.07) is 0. The number of rotatable bonds is 5. The van der Waals surface area contributed by atoms with Crippen LogP contribution in [-0.4, -0.2) is 21.9 Å². The highest BCUT2D eigenvalue weighted by Crippen LogP contribution is 2.24. The van der Waals surface area contributed by atoms with Gasteiger partial charge in [0.1, 0.15) is 23.4 Å². The van der Waals surface area contributed by atoms with Gasteiger partial charge in [0.05, 0.1) is 11.4 Å². The standard InChI is InChI=1S/C13H19N3O2S/c1-8-12(9(2)16(4)15-8)18-6-11-7-19-13(14-11)10(3)17-5/h7,10H,6H2,1-5H3/t10-/m1/s1. The Morgan fingerprint density at radius 3 is 2.74 bits per heavy atom. The Morgan fingerprint density at radius 2 is 2.16 bits per heavy atom. The number of aryl methyl sites for hydroxylation is 2. The van der Waals surface area contributed by atoms with Crippen LogP contribution in [0.15, 0.2) is 5.38 Å². The molecule has 0 bridgehead atoms. The van der Waals surface area contributed by atoms with Gasteiger partial charge >= 0.3 is 0 Å². The molecule has 0 unspecified atom stereocenters. The van der Waals surface area contributed by atoms with Crippen LogP contribution < -0.4 is 4.74 Å². The van der Waals surface area contributed by atoms with Crippen LogP contribution in [0.5, 0.6) is 5.75 Å². The molecule has 2 rings (SSSR count). The molecule has 5 nitrogen and oxygen atoms in total. The van der Waals surface area contributed by atoms with Gasteiger partial charge in [-0.1, -0.05) is 0 Å². The van der Waals surface area contributed by atoms with E-state index in [9.17, 15) is 0 Å². The van der Waals surface area contributed by atoms with E-state index in [4.69, 9.17) is 9.47 Å². The van der Waals surface area contributed by atoms with Gasteiger partial charge in [0.25, 0.3) is 0 Å². The minimum atomic E-state index is 0.0283. The lowest BCUT2D eigenvalue weighted by molar-refractivity contribution is 0.119. The molecular weight excluding hydrogens is 262 g/mol. The summed E-state index contributed by atoms with van der Waals surface area (Å²) in [5.41, 5.74) is 2.85. The van der Waals surface area contributed by atoms with Crippen LogP contribution in [0.25, 0.3) is 0 Å². The molecule has 6 heteroatoms. The Bertz CT molecular complexity index is 562. The van der Waals surface area contributed by atoms with E-state index in [1.54, 1.807) is 18.4 Å². The van der Waals surface area contributed by atoms with E-state index in [0.29, 0.717) is 6.61 Å². The number of hydrogen-bond donors (Lipinski definition) is 0. The predicted molar refractivity (Wildman–Crippen MR) is 74.6 cm³/mol. The van der Waals surface area contributed by atoms with Gasteiger partial charge in [-0.15, -0.1) is 11.3 Å². The van der Waals surface area contributed by atoms with Gasteiger partial charge in [-0.05, 0) is 20.8 Å². The molecule has 104 valence electrons. The zero-order chi connectivity index (χ0) is 14.0. The maximum absolute atomic E-state index is 5.82. The summed E-state index contributed by atoms with van der Waals surface area (Å²) in [5, 5.41) is 7.30. The van der Waals surface area contributed by atoms with E-state index in [0.717, 1.165) is 27.8 Å². The molecule has 2 aromatic heterocycles. The van der Waals surface area contributed by atoms with Crippen molar-refractivity contribution in [2.24, 2.45) is 7.05 Å². The van der Waals surface area contributed by atoms with E-state index >= 15 is 0 Å². The maximum Gasteiger partial charge on any atom is 0.163 e. The Morgan fingerprint density at radius 1 is 1.42 bits per heavy atom. The van der Waals surface area contributed by atoms with Crippen molar-refractivity contribution in [2.45, 2.75) is 33.5 Å². The van der Waals surface area contributed by atoms with Crippen LogP contribution in [0.2, 0.25) is 0 Å². The van der Waals surface area contributed by atoms with Crippen molar-refractivity contribution in [1.82, 2.24) is 14.8 Å². The quantitative estimate of drug-likeness (QED) is 0.845. The third-order valence-electron chi connectivity index (χ3n) is 3.08. The normalized spacial score (nSPS) is 12.7.